The molecule has 9 heteroatoms. The quantitative estimate of drug-likeness (QED) is 0.413. The molecule has 3 aromatic heterocycles. The number of nitrogens with two attached hydrogens (primary N) is 1. The number of nitrogens with one attached hydrogen (secondary N) is 2. The number of likely N-dealkylation sites (tertiary alicyclic amines) is 1. The largest absolute Gasteiger partial charge is 0.346 e. The van der Waals surface area contributed by atoms with E-state index in [4.69, 9.17) is 0 Å². The number of rotatable bonds is 4. The lowest BCUT2D eigenvalue weighted by Gasteiger charge is -2.33. The number of fused-ring (bicyclic) bond motifs is 3. The molecular weight excluding hydrogens is 420 g/mol. The van der Waals surface area contributed by atoms with Gasteiger partial charge in [0.25, 0.3) is 0 Å². The fraction of sp³-hybridized carbons (Fsp3) is 0.250. The lowest BCUT2D eigenvalue weighted by atomic mass is 10.0. The van der Waals surface area contributed by atoms with Crippen LogP contribution in [0.3, 0.4) is 0 Å². The number of imidazole rings is 1. The highest BCUT2D eigenvalue weighted by Gasteiger charge is 2.31. The molecule has 168 valence electrons. The molecule has 0 saturated carbocycles. The Labute approximate surface area is 189 Å². The molecular formula is C24H25N6O3+. The first kappa shape index (κ1) is 20.9. The average molecular weight is 446 g/mol. The minimum atomic E-state index is -0.213. The Kier molecular flexibility index (Phi) is 5.39. The highest BCUT2D eigenvalue weighted by Crippen LogP contribution is 2.28. The Morgan fingerprint density at radius 1 is 1.21 bits per heavy atom. The number of quaternary nitrogens is 1. The van der Waals surface area contributed by atoms with Crippen LogP contribution in [0.25, 0.3) is 28.1 Å². The third-order valence-corrected chi connectivity index (χ3v) is 6.04. The van der Waals surface area contributed by atoms with Gasteiger partial charge in [-0.15, -0.1) is 0 Å². The van der Waals surface area contributed by atoms with E-state index >= 15 is 0 Å². The van der Waals surface area contributed by atoms with E-state index in [1.807, 2.05) is 36.4 Å². The molecule has 1 atom stereocenters. The van der Waals surface area contributed by atoms with Gasteiger partial charge in [0.1, 0.15) is 5.65 Å². The van der Waals surface area contributed by atoms with E-state index in [9.17, 15) is 14.4 Å². The van der Waals surface area contributed by atoms with Crippen molar-refractivity contribution in [2.75, 3.05) is 13.1 Å². The monoisotopic (exact) mass is 445 g/mol. The molecule has 1 aliphatic heterocycles. The number of nitrogens with zero attached hydrogens (tertiary/aromatic N) is 3. The Morgan fingerprint density at radius 3 is 2.82 bits per heavy atom. The van der Waals surface area contributed by atoms with Crippen LogP contribution >= 0.6 is 0 Å². The second-order valence-electron chi connectivity index (χ2n) is 8.37. The summed E-state index contributed by atoms with van der Waals surface area (Å²) in [6, 6.07) is 11.2. The normalized spacial score (nSPS) is 17.1. The Morgan fingerprint density at radius 2 is 2.03 bits per heavy atom. The summed E-state index contributed by atoms with van der Waals surface area (Å²) in [7, 11) is 0. The summed E-state index contributed by atoms with van der Waals surface area (Å²) in [4.78, 5) is 50.3. The molecule has 4 aromatic rings. The third-order valence-electron chi connectivity index (χ3n) is 6.04. The van der Waals surface area contributed by atoms with Gasteiger partial charge in [-0.2, -0.15) is 0 Å². The number of primary amides is 1. The van der Waals surface area contributed by atoms with Crippen molar-refractivity contribution < 1.29 is 14.9 Å². The van der Waals surface area contributed by atoms with Crippen molar-refractivity contribution in [3.8, 4) is 0 Å². The van der Waals surface area contributed by atoms with Crippen LogP contribution in [0.4, 0.5) is 0 Å². The van der Waals surface area contributed by atoms with Gasteiger partial charge >= 0.3 is 17.5 Å². The van der Waals surface area contributed by atoms with E-state index in [2.05, 4.69) is 15.0 Å². The number of hydrogen-bond donors (Lipinski definition) is 3. The third kappa shape index (κ3) is 3.98. The highest BCUT2D eigenvalue weighted by molar-refractivity contribution is 6.01. The average Bonchev–Trinajstić information content (AvgIpc) is 3.42. The Balaban J connectivity index is 1.48. The fourth-order valence-electron chi connectivity index (χ4n) is 4.62. The van der Waals surface area contributed by atoms with Crippen molar-refractivity contribution >= 4 is 40.0 Å². The second kappa shape index (κ2) is 8.51. The Hall–Kier alpha value is -3.98. The van der Waals surface area contributed by atoms with Crippen LogP contribution in [0.5, 0.6) is 0 Å². The topological polar surface area (TPSA) is 120 Å². The molecule has 0 aliphatic carbocycles. The minimum absolute atomic E-state index is 0.181. The van der Waals surface area contributed by atoms with Crippen LogP contribution in [0.2, 0.25) is 0 Å². The maximum absolute atomic E-state index is 13.4. The molecule has 9 nitrogen and oxygen atoms in total. The highest BCUT2D eigenvalue weighted by atomic mass is 16.2. The Bertz CT molecular complexity index is 1430. The van der Waals surface area contributed by atoms with Gasteiger partial charge in [0.2, 0.25) is 5.70 Å². The van der Waals surface area contributed by atoms with Crippen molar-refractivity contribution in [1.82, 2.24) is 24.4 Å². The van der Waals surface area contributed by atoms with Crippen LogP contribution in [-0.2, 0) is 9.59 Å². The second-order valence-corrected chi connectivity index (χ2v) is 8.37. The smallest absolute Gasteiger partial charge is 0.326 e. The molecule has 0 radical (unpaired) electrons. The number of carbonyl (C=O) groups excluding carboxylic acids is 2. The van der Waals surface area contributed by atoms with Gasteiger partial charge in [0.15, 0.2) is 0 Å². The summed E-state index contributed by atoms with van der Waals surface area (Å²) < 4.78 is 1.75. The van der Waals surface area contributed by atoms with Gasteiger partial charge in [-0.1, -0.05) is 30.3 Å². The van der Waals surface area contributed by atoms with Crippen molar-refractivity contribution in [2.24, 2.45) is 0 Å². The number of benzene rings is 1. The number of amides is 2. The molecule has 4 N–H and O–H groups in total. The summed E-state index contributed by atoms with van der Waals surface area (Å²) in [5.41, 5.74) is 3.16. The van der Waals surface area contributed by atoms with Gasteiger partial charge in [-0.05, 0) is 24.5 Å². The summed E-state index contributed by atoms with van der Waals surface area (Å²) in [5.74, 6) is -0.394. The summed E-state index contributed by atoms with van der Waals surface area (Å²) in [5, 5.41) is 2.25. The van der Waals surface area contributed by atoms with E-state index < -0.39 is 0 Å². The first-order valence-electron chi connectivity index (χ1n) is 11.0. The number of piperidine rings is 1. The first-order valence-corrected chi connectivity index (χ1v) is 11.0. The molecule has 1 fully saturated rings. The molecule has 1 aliphatic rings. The van der Waals surface area contributed by atoms with Gasteiger partial charge in [0, 0.05) is 30.7 Å². The molecule has 0 unspecified atom stereocenters. The van der Waals surface area contributed by atoms with E-state index in [-0.39, 0.29) is 23.5 Å². The van der Waals surface area contributed by atoms with E-state index in [1.54, 1.807) is 27.9 Å². The molecule has 5 rings (SSSR count). The predicted octanol–water partition coefficient (Wildman–Crippen LogP) is 1.52. The van der Waals surface area contributed by atoms with Crippen LogP contribution in [0, 0.1) is 0 Å². The maximum atomic E-state index is 13.4. The standard InChI is InChI=1S/C24H24N6O3/c1-15(31)27-19(12-16-6-3-2-4-7-16)23(32)29-11-5-8-17(14-29)30-21-18-9-10-25-22(18)26-13-20(21)28-24(30)33/h2-4,6-7,9-10,12-13,17H,5,8,11,14H2,1H3,(H,25,26)(H,27,31)(H,28,33)/p+1/b19-12-/t17-/m1/s1. The van der Waals surface area contributed by atoms with Gasteiger partial charge < -0.3 is 14.9 Å². The predicted molar refractivity (Wildman–Crippen MR) is 124 cm³/mol. The van der Waals surface area contributed by atoms with Gasteiger partial charge in [0.05, 0.1) is 30.2 Å². The lowest BCUT2D eigenvalue weighted by Crippen LogP contribution is -2.87. The lowest BCUT2D eigenvalue weighted by molar-refractivity contribution is -0.510. The molecule has 1 aromatic carbocycles. The number of aromatic nitrogens is 4. The van der Waals surface area contributed by atoms with Crippen molar-refractivity contribution in [3.05, 3.63) is 70.5 Å². The maximum Gasteiger partial charge on any atom is 0.326 e. The number of H-pyrrole nitrogens is 2. The van der Waals surface area contributed by atoms with Crippen LogP contribution < -0.4 is 11.0 Å². The minimum Gasteiger partial charge on any atom is -0.346 e. The zero-order valence-electron chi connectivity index (χ0n) is 18.2. The van der Waals surface area contributed by atoms with Crippen molar-refractivity contribution in [3.63, 3.8) is 0 Å². The van der Waals surface area contributed by atoms with Crippen molar-refractivity contribution in [1.29, 1.82) is 0 Å². The molecule has 0 spiro atoms. The fourth-order valence-corrected chi connectivity index (χ4v) is 4.62. The molecule has 0 bridgehead atoms. The summed E-state index contributed by atoms with van der Waals surface area (Å²) in [6.45, 7) is 2.40. The first-order chi connectivity index (χ1) is 16.0. The molecule has 33 heavy (non-hydrogen) atoms. The zero-order chi connectivity index (χ0) is 22.9. The van der Waals surface area contributed by atoms with Gasteiger partial charge in [-0.3, -0.25) is 9.36 Å². The SMILES string of the molecule is CC(=O)[NH2+]/C(=C\c1ccccc1)C(=O)N1CCC[C@@H](n2c(=O)[nH]c3cnc4[nH]ccc4c32)C1. The number of aromatic amines is 2. The van der Waals surface area contributed by atoms with Gasteiger partial charge in [-0.25, -0.2) is 19.9 Å². The van der Waals surface area contributed by atoms with Crippen LogP contribution in [-0.4, -0.2) is 49.3 Å². The number of pyridine rings is 1. The number of carbonyl (C=O) groups is 2. The molecule has 1 saturated heterocycles. The summed E-state index contributed by atoms with van der Waals surface area (Å²) in [6.07, 6.45) is 6.73. The molecule has 2 amide bonds. The molecule has 4 heterocycles. The van der Waals surface area contributed by atoms with Crippen LogP contribution in [0.1, 0.15) is 31.4 Å². The number of hydrogen-bond acceptors (Lipinski definition) is 4. The zero-order valence-corrected chi connectivity index (χ0v) is 18.2. The van der Waals surface area contributed by atoms with Crippen LogP contribution in [0.15, 0.2) is 59.3 Å². The van der Waals surface area contributed by atoms with E-state index in [1.165, 1.54) is 12.2 Å². The van der Waals surface area contributed by atoms with E-state index in [0.717, 1.165) is 29.3 Å². The summed E-state index contributed by atoms with van der Waals surface area (Å²) >= 11 is 0. The van der Waals surface area contributed by atoms with Crippen molar-refractivity contribution in [2.45, 2.75) is 25.8 Å². The van der Waals surface area contributed by atoms with E-state index in [0.29, 0.717) is 30.0 Å².